The zero-order valence-electron chi connectivity index (χ0n) is 9.21. The van der Waals surface area contributed by atoms with E-state index in [1.54, 1.807) is 0 Å². The summed E-state index contributed by atoms with van der Waals surface area (Å²) in [6.07, 6.45) is 8.49. The molecule has 0 heterocycles. The molecule has 2 aliphatic carbocycles. The molecular formula is C12H20O3. The van der Waals surface area contributed by atoms with Crippen molar-refractivity contribution in [1.29, 1.82) is 0 Å². The second-order valence-corrected chi connectivity index (χ2v) is 4.90. The Morgan fingerprint density at radius 1 is 1.07 bits per heavy atom. The summed E-state index contributed by atoms with van der Waals surface area (Å²) in [4.78, 5) is 11.8. The average molecular weight is 212 g/mol. The lowest BCUT2D eigenvalue weighted by Gasteiger charge is -2.30. The van der Waals surface area contributed by atoms with Gasteiger partial charge >= 0.3 is 5.97 Å². The summed E-state index contributed by atoms with van der Waals surface area (Å²) in [6, 6.07) is 0. The Hall–Kier alpha value is -0.570. The van der Waals surface area contributed by atoms with Gasteiger partial charge in [0.1, 0.15) is 6.10 Å². The number of esters is 1. The third-order valence-corrected chi connectivity index (χ3v) is 3.64. The van der Waals surface area contributed by atoms with E-state index in [9.17, 15) is 9.90 Å². The Morgan fingerprint density at radius 3 is 2.27 bits per heavy atom. The summed E-state index contributed by atoms with van der Waals surface area (Å²) < 4.78 is 5.36. The fraction of sp³-hybridized carbons (Fsp3) is 0.917. The van der Waals surface area contributed by atoms with Gasteiger partial charge in [0.2, 0.25) is 0 Å². The van der Waals surface area contributed by atoms with Gasteiger partial charge in [0.25, 0.3) is 0 Å². The maximum absolute atomic E-state index is 11.8. The van der Waals surface area contributed by atoms with Crippen LogP contribution >= 0.6 is 0 Å². The summed E-state index contributed by atoms with van der Waals surface area (Å²) in [7, 11) is 0. The molecule has 0 aliphatic heterocycles. The van der Waals surface area contributed by atoms with Crippen molar-refractivity contribution in [2.24, 2.45) is 0 Å². The minimum atomic E-state index is -1.17. The summed E-state index contributed by atoms with van der Waals surface area (Å²) in [5, 5.41) is 10.1. The van der Waals surface area contributed by atoms with Gasteiger partial charge in [-0.25, -0.2) is 4.79 Å². The molecule has 0 radical (unpaired) electrons. The van der Waals surface area contributed by atoms with Gasteiger partial charge in [-0.3, -0.25) is 0 Å². The van der Waals surface area contributed by atoms with E-state index in [0.717, 1.165) is 44.9 Å². The second kappa shape index (κ2) is 4.52. The third kappa shape index (κ3) is 2.51. The standard InChI is InChI=1S/C12H20O3/c13-11(15-10-6-2-3-7-10)12(14)8-4-1-5-9-12/h10,14H,1-9H2. The van der Waals surface area contributed by atoms with E-state index in [1.807, 2.05) is 0 Å². The lowest BCUT2D eigenvalue weighted by molar-refractivity contribution is -0.174. The largest absolute Gasteiger partial charge is 0.460 e. The van der Waals surface area contributed by atoms with Crippen LogP contribution in [0.4, 0.5) is 0 Å². The number of aliphatic hydroxyl groups is 1. The monoisotopic (exact) mass is 212 g/mol. The first kappa shape index (κ1) is 10.9. The predicted molar refractivity (Wildman–Crippen MR) is 56.4 cm³/mol. The van der Waals surface area contributed by atoms with Crippen molar-refractivity contribution in [2.45, 2.75) is 69.5 Å². The highest BCUT2D eigenvalue weighted by Gasteiger charge is 2.40. The molecule has 0 aromatic rings. The van der Waals surface area contributed by atoms with Gasteiger partial charge in [0.05, 0.1) is 0 Å². The van der Waals surface area contributed by atoms with Crippen molar-refractivity contribution in [2.75, 3.05) is 0 Å². The quantitative estimate of drug-likeness (QED) is 0.713. The summed E-state index contributed by atoms with van der Waals surface area (Å²) in [5.41, 5.74) is -1.17. The van der Waals surface area contributed by atoms with E-state index in [1.165, 1.54) is 0 Å². The molecule has 2 fully saturated rings. The van der Waals surface area contributed by atoms with Crippen molar-refractivity contribution < 1.29 is 14.6 Å². The molecule has 3 heteroatoms. The molecule has 0 atom stereocenters. The molecule has 2 aliphatic rings. The van der Waals surface area contributed by atoms with Crippen LogP contribution in [0.15, 0.2) is 0 Å². The van der Waals surface area contributed by atoms with Gasteiger partial charge in [0.15, 0.2) is 5.60 Å². The van der Waals surface area contributed by atoms with Crippen molar-refractivity contribution >= 4 is 5.97 Å². The lowest BCUT2D eigenvalue weighted by atomic mass is 9.85. The minimum absolute atomic E-state index is 0.0726. The molecule has 15 heavy (non-hydrogen) atoms. The number of hydrogen-bond acceptors (Lipinski definition) is 3. The van der Waals surface area contributed by atoms with Crippen molar-refractivity contribution in [3.63, 3.8) is 0 Å². The molecule has 0 spiro atoms. The Bertz CT molecular complexity index is 225. The van der Waals surface area contributed by atoms with Gasteiger partial charge in [0, 0.05) is 0 Å². The molecule has 86 valence electrons. The van der Waals surface area contributed by atoms with E-state index in [-0.39, 0.29) is 12.1 Å². The van der Waals surface area contributed by atoms with Crippen LogP contribution in [0, 0.1) is 0 Å². The second-order valence-electron chi connectivity index (χ2n) is 4.90. The molecule has 3 nitrogen and oxygen atoms in total. The number of ether oxygens (including phenoxy) is 1. The average Bonchev–Trinajstić information content (AvgIpc) is 2.71. The molecule has 0 amide bonds. The fourth-order valence-electron chi connectivity index (χ4n) is 2.61. The summed E-state index contributed by atoms with van der Waals surface area (Å²) in [5.74, 6) is -0.367. The zero-order chi connectivity index (χ0) is 10.7. The van der Waals surface area contributed by atoms with Gasteiger partial charge in [-0.2, -0.15) is 0 Å². The highest BCUT2D eigenvalue weighted by molar-refractivity contribution is 5.79. The molecular weight excluding hydrogens is 192 g/mol. The number of rotatable bonds is 2. The highest BCUT2D eigenvalue weighted by atomic mass is 16.6. The van der Waals surface area contributed by atoms with Crippen LogP contribution in [0.1, 0.15) is 57.8 Å². The molecule has 2 saturated carbocycles. The first-order valence-electron chi connectivity index (χ1n) is 6.14. The Kier molecular flexibility index (Phi) is 3.29. The zero-order valence-corrected chi connectivity index (χ0v) is 9.21. The van der Waals surface area contributed by atoms with Gasteiger partial charge in [-0.1, -0.05) is 6.42 Å². The van der Waals surface area contributed by atoms with E-state index in [0.29, 0.717) is 12.8 Å². The Balaban J connectivity index is 1.87. The Labute approximate surface area is 90.8 Å². The topological polar surface area (TPSA) is 46.5 Å². The first-order valence-corrected chi connectivity index (χ1v) is 6.14. The molecule has 2 rings (SSSR count). The Morgan fingerprint density at radius 2 is 1.67 bits per heavy atom. The molecule has 0 saturated heterocycles. The molecule has 0 aromatic carbocycles. The predicted octanol–water partition coefficient (Wildman–Crippen LogP) is 2.17. The van der Waals surface area contributed by atoms with Crippen LogP contribution in [0.5, 0.6) is 0 Å². The summed E-state index contributed by atoms with van der Waals surface area (Å²) >= 11 is 0. The van der Waals surface area contributed by atoms with E-state index < -0.39 is 5.60 Å². The SMILES string of the molecule is O=C(OC1CCCC1)C1(O)CCCCC1. The smallest absolute Gasteiger partial charge is 0.338 e. The number of carbonyl (C=O) groups excluding carboxylic acids is 1. The van der Waals surface area contributed by atoms with Gasteiger partial charge < -0.3 is 9.84 Å². The maximum Gasteiger partial charge on any atom is 0.338 e. The number of carbonyl (C=O) groups is 1. The van der Waals surface area contributed by atoms with Crippen LogP contribution in [0.25, 0.3) is 0 Å². The summed E-state index contributed by atoms with van der Waals surface area (Å²) in [6.45, 7) is 0. The van der Waals surface area contributed by atoms with Crippen LogP contribution in [-0.4, -0.2) is 22.8 Å². The first-order chi connectivity index (χ1) is 7.21. The van der Waals surface area contributed by atoms with Crippen molar-refractivity contribution in [3.05, 3.63) is 0 Å². The molecule has 1 N–H and O–H groups in total. The van der Waals surface area contributed by atoms with Crippen LogP contribution in [-0.2, 0) is 9.53 Å². The minimum Gasteiger partial charge on any atom is -0.460 e. The third-order valence-electron chi connectivity index (χ3n) is 3.64. The maximum atomic E-state index is 11.8. The van der Waals surface area contributed by atoms with Crippen LogP contribution in [0.2, 0.25) is 0 Å². The van der Waals surface area contributed by atoms with Crippen molar-refractivity contribution in [1.82, 2.24) is 0 Å². The lowest BCUT2D eigenvalue weighted by Crippen LogP contribution is -2.43. The van der Waals surface area contributed by atoms with Crippen LogP contribution in [0.3, 0.4) is 0 Å². The fourth-order valence-corrected chi connectivity index (χ4v) is 2.61. The van der Waals surface area contributed by atoms with E-state index in [2.05, 4.69) is 0 Å². The molecule has 0 bridgehead atoms. The molecule has 0 aromatic heterocycles. The van der Waals surface area contributed by atoms with E-state index in [4.69, 9.17) is 4.74 Å². The van der Waals surface area contributed by atoms with E-state index >= 15 is 0 Å². The van der Waals surface area contributed by atoms with Gasteiger partial charge in [-0.05, 0) is 51.4 Å². The number of hydrogen-bond donors (Lipinski definition) is 1. The molecule has 0 unspecified atom stereocenters. The van der Waals surface area contributed by atoms with Crippen LogP contribution < -0.4 is 0 Å². The van der Waals surface area contributed by atoms with Gasteiger partial charge in [-0.15, -0.1) is 0 Å². The van der Waals surface area contributed by atoms with Crippen molar-refractivity contribution in [3.8, 4) is 0 Å². The normalized spacial score (nSPS) is 26.5. The highest BCUT2D eigenvalue weighted by Crippen LogP contribution is 2.31.